The van der Waals surface area contributed by atoms with E-state index >= 15 is 0 Å². The monoisotopic (exact) mass is 1250 g/mol. The van der Waals surface area contributed by atoms with E-state index in [1.165, 1.54) is 165 Å². The fraction of sp³-hybridized carbons (Fsp3) is 0.0625. The summed E-state index contributed by atoms with van der Waals surface area (Å²) in [6.07, 6.45) is 0. The van der Waals surface area contributed by atoms with Crippen LogP contribution in [-0.4, -0.2) is 0 Å². The third kappa shape index (κ3) is 9.09. The first-order valence-electron chi connectivity index (χ1n) is 34.4. The van der Waals surface area contributed by atoms with E-state index in [1.807, 2.05) is 0 Å². The molecule has 0 atom stereocenters. The van der Waals surface area contributed by atoms with Gasteiger partial charge in [-0.05, 0) is 227 Å². The van der Waals surface area contributed by atoms with Gasteiger partial charge in [-0.15, -0.1) is 0 Å². The van der Waals surface area contributed by atoms with Crippen LogP contribution in [0.25, 0.3) is 131 Å². The lowest BCUT2D eigenvalue weighted by Gasteiger charge is -2.29. The van der Waals surface area contributed by atoms with Crippen LogP contribution in [0.2, 0.25) is 0 Å². The Morgan fingerprint density at radius 1 is 0.194 bits per heavy atom. The van der Waals surface area contributed by atoms with Crippen molar-refractivity contribution in [1.29, 1.82) is 0 Å². The fourth-order valence-electron chi connectivity index (χ4n) is 16.8. The van der Waals surface area contributed by atoms with Crippen molar-refractivity contribution in [2.75, 3.05) is 9.80 Å². The summed E-state index contributed by atoms with van der Waals surface area (Å²) < 4.78 is 0. The average Bonchev–Trinajstić information content (AvgIpc) is 1.45. The molecule has 0 saturated heterocycles. The molecule has 0 bridgehead atoms. The summed E-state index contributed by atoms with van der Waals surface area (Å²) in [4.78, 5) is 4.90. The van der Waals surface area contributed by atoms with Crippen molar-refractivity contribution in [2.24, 2.45) is 0 Å². The summed E-state index contributed by atoms with van der Waals surface area (Å²) in [6, 6.07) is 127. The van der Waals surface area contributed by atoms with Gasteiger partial charge in [-0.2, -0.15) is 0 Å². The predicted molar refractivity (Wildman–Crippen MR) is 418 cm³/mol. The molecule has 2 aliphatic carbocycles. The zero-order chi connectivity index (χ0) is 65.4. The molecule has 0 aliphatic heterocycles. The van der Waals surface area contributed by atoms with Gasteiger partial charge in [0, 0.05) is 44.7 Å². The van der Waals surface area contributed by atoms with Crippen molar-refractivity contribution >= 4 is 98.8 Å². The van der Waals surface area contributed by atoms with Crippen molar-refractivity contribution < 1.29 is 0 Å². The molecular formula is C96H68N2. The Bertz CT molecular complexity index is 6100. The van der Waals surface area contributed by atoms with Crippen molar-refractivity contribution in [3.63, 3.8) is 0 Å². The number of benzene rings is 17. The average molecular weight is 1250 g/mol. The zero-order valence-electron chi connectivity index (χ0n) is 55.2. The van der Waals surface area contributed by atoms with Crippen LogP contribution < -0.4 is 9.80 Å². The lowest BCUT2D eigenvalue weighted by molar-refractivity contribution is 0.660. The molecular weight excluding hydrogens is 1180 g/mol. The Morgan fingerprint density at radius 2 is 0.500 bits per heavy atom. The Kier molecular flexibility index (Phi) is 13.0. The van der Waals surface area contributed by atoms with E-state index in [2.05, 4.69) is 377 Å². The minimum Gasteiger partial charge on any atom is -0.310 e. The van der Waals surface area contributed by atoms with Crippen LogP contribution in [0, 0.1) is 0 Å². The first-order chi connectivity index (χ1) is 48.1. The zero-order valence-corrected chi connectivity index (χ0v) is 55.2. The van der Waals surface area contributed by atoms with E-state index in [9.17, 15) is 0 Å². The standard InChI is InChI=1S/C96H68N2/c1-95(2)87-25-12-10-23-82(87)93-89(95)27-15-29-91(93)97(73-20-6-5-7-21-73)74-49-39-62(40-50-74)71-35-32-66-45-56-81-80(85(66)59-71)55-46-67-33-36-72(60-86(67)81)69-19-14-18-68(57-69)61-37-47-75(48-38-61)98(92-30-16-28-90-94(92)83-24-11-13-26-88(83)96(90,3)4)76-51-41-63(42-52-76)70-34-31-65-44-53-78-77-22-9-8-17-64(77)43-54-79(78)84(65)58-70/h5-60H,1-4H3. The number of anilines is 6. The number of nitrogens with zero attached hydrogens (tertiary/aromatic N) is 2. The molecule has 0 amide bonds. The van der Waals surface area contributed by atoms with Gasteiger partial charge in [-0.1, -0.05) is 282 Å². The van der Waals surface area contributed by atoms with Gasteiger partial charge in [0.1, 0.15) is 0 Å². The molecule has 462 valence electrons. The molecule has 0 unspecified atom stereocenters. The van der Waals surface area contributed by atoms with Crippen LogP contribution in [0.15, 0.2) is 340 Å². The van der Waals surface area contributed by atoms with Crippen LogP contribution in [0.5, 0.6) is 0 Å². The van der Waals surface area contributed by atoms with Crippen molar-refractivity contribution in [3.8, 4) is 66.8 Å². The van der Waals surface area contributed by atoms with Crippen LogP contribution in [-0.2, 0) is 10.8 Å². The Balaban J connectivity index is 0.644. The number of hydrogen-bond acceptors (Lipinski definition) is 2. The second kappa shape index (κ2) is 22.2. The van der Waals surface area contributed by atoms with Crippen LogP contribution in [0.1, 0.15) is 49.9 Å². The Labute approximate surface area is 572 Å². The number of para-hydroxylation sites is 1. The summed E-state index contributed by atoms with van der Waals surface area (Å²) in [5.41, 5.74) is 26.7. The first kappa shape index (κ1) is 57.4. The maximum absolute atomic E-state index is 2.47. The normalized spacial score (nSPS) is 13.3. The number of fused-ring (bicyclic) bond motifs is 16. The third-order valence-corrected chi connectivity index (χ3v) is 21.8. The van der Waals surface area contributed by atoms with Crippen molar-refractivity contribution in [2.45, 2.75) is 38.5 Å². The van der Waals surface area contributed by atoms with E-state index in [4.69, 9.17) is 0 Å². The third-order valence-electron chi connectivity index (χ3n) is 21.8. The highest BCUT2D eigenvalue weighted by Crippen LogP contribution is 2.56. The predicted octanol–water partition coefficient (Wildman–Crippen LogP) is 26.8. The second-order valence-corrected chi connectivity index (χ2v) is 27.9. The summed E-state index contributed by atoms with van der Waals surface area (Å²) in [5.74, 6) is 0. The molecule has 2 heteroatoms. The topological polar surface area (TPSA) is 6.48 Å². The summed E-state index contributed by atoms with van der Waals surface area (Å²) in [6.45, 7) is 9.44. The van der Waals surface area contributed by atoms with Gasteiger partial charge in [0.25, 0.3) is 0 Å². The fourth-order valence-corrected chi connectivity index (χ4v) is 16.8. The summed E-state index contributed by atoms with van der Waals surface area (Å²) in [5, 5.41) is 15.1. The lowest BCUT2D eigenvalue weighted by atomic mass is 9.82. The molecule has 17 aromatic rings. The van der Waals surface area contributed by atoms with Crippen molar-refractivity contribution in [1.82, 2.24) is 0 Å². The molecule has 19 rings (SSSR count). The van der Waals surface area contributed by atoms with E-state index in [0.29, 0.717) is 0 Å². The van der Waals surface area contributed by atoms with Gasteiger partial charge in [0.2, 0.25) is 0 Å². The number of hydrogen-bond donors (Lipinski definition) is 0. The minimum atomic E-state index is -0.144. The SMILES string of the molecule is CC1(C)c2ccccc2-c2c(N(c3ccccc3)c3ccc(-c4ccc5ccc6c7cc(-c8cccc(-c9ccc(N(c%10ccc(-c%11ccc%12ccc%13c%14ccccc%14ccc%13c%12c%11)cc%10)c%10cccc%11c%10-c%10ccccc%10C%11(C)C)cc9)c8)ccc7ccc6c5c4)cc3)cccc21. The van der Waals surface area contributed by atoms with Gasteiger partial charge in [-0.25, -0.2) is 0 Å². The molecule has 2 aliphatic rings. The van der Waals surface area contributed by atoms with Gasteiger partial charge in [-0.3, -0.25) is 0 Å². The van der Waals surface area contributed by atoms with E-state index in [-0.39, 0.29) is 10.8 Å². The highest BCUT2D eigenvalue weighted by atomic mass is 15.2. The molecule has 98 heavy (non-hydrogen) atoms. The molecule has 0 aromatic heterocycles. The number of rotatable bonds is 10. The lowest BCUT2D eigenvalue weighted by Crippen LogP contribution is -2.16. The molecule has 17 aromatic carbocycles. The molecule has 2 nitrogen and oxygen atoms in total. The molecule has 0 heterocycles. The highest BCUT2D eigenvalue weighted by Gasteiger charge is 2.39. The summed E-state index contributed by atoms with van der Waals surface area (Å²) in [7, 11) is 0. The molecule has 0 spiro atoms. The molecule has 0 radical (unpaired) electrons. The van der Waals surface area contributed by atoms with E-state index in [0.717, 1.165) is 22.7 Å². The highest BCUT2D eigenvalue weighted by molar-refractivity contribution is 6.19. The van der Waals surface area contributed by atoms with E-state index in [1.54, 1.807) is 0 Å². The van der Waals surface area contributed by atoms with Gasteiger partial charge >= 0.3 is 0 Å². The molecule has 0 fully saturated rings. The van der Waals surface area contributed by atoms with Gasteiger partial charge < -0.3 is 9.80 Å². The largest absolute Gasteiger partial charge is 0.310 e. The van der Waals surface area contributed by atoms with Gasteiger partial charge in [0.05, 0.1) is 11.4 Å². The Morgan fingerprint density at radius 3 is 0.949 bits per heavy atom. The van der Waals surface area contributed by atoms with Crippen LogP contribution in [0.3, 0.4) is 0 Å². The smallest absolute Gasteiger partial charge is 0.0543 e. The second-order valence-electron chi connectivity index (χ2n) is 27.9. The maximum atomic E-state index is 2.47. The minimum absolute atomic E-state index is 0.0980. The Hall–Kier alpha value is -12.1. The van der Waals surface area contributed by atoms with E-state index < -0.39 is 0 Å². The van der Waals surface area contributed by atoms with Crippen molar-refractivity contribution in [3.05, 3.63) is 362 Å². The quantitative estimate of drug-likeness (QED) is 0.126. The summed E-state index contributed by atoms with van der Waals surface area (Å²) >= 11 is 0. The molecule has 0 saturated carbocycles. The van der Waals surface area contributed by atoms with Gasteiger partial charge in [0.15, 0.2) is 0 Å². The van der Waals surface area contributed by atoms with Crippen LogP contribution >= 0.6 is 0 Å². The molecule has 0 N–H and O–H groups in total. The first-order valence-corrected chi connectivity index (χ1v) is 34.4. The van der Waals surface area contributed by atoms with Crippen LogP contribution in [0.4, 0.5) is 34.1 Å². The maximum Gasteiger partial charge on any atom is 0.0543 e.